The SMILES string of the molecule is CCN(CC)c1ncc(N(C)S(=O)(=O)c2ccc(Cl)c(Cl)c2)c(NC(Cc2ccc(OC(=O)N(C)C)cc2)C(=O)O)n1. The molecule has 15 heteroatoms. The summed E-state index contributed by atoms with van der Waals surface area (Å²) in [6.07, 6.45) is 0.781. The molecule has 2 aromatic carbocycles. The van der Waals surface area contributed by atoms with E-state index in [0.29, 0.717) is 30.4 Å². The van der Waals surface area contributed by atoms with E-state index in [-0.39, 0.29) is 32.9 Å². The molecule has 3 aromatic rings. The second kappa shape index (κ2) is 13.9. The third kappa shape index (κ3) is 7.72. The Morgan fingerprint density at radius 2 is 1.67 bits per heavy atom. The molecule has 0 bridgehead atoms. The molecule has 0 aliphatic heterocycles. The molecule has 0 saturated heterocycles. The van der Waals surface area contributed by atoms with Gasteiger partial charge in [-0.3, -0.25) is 4.31 Å². The van der Waals surface area contributed by atoms with Crippen LogP contribution in [0.2, 0.25) is 10.0 Å². The maximum atomic E-state index is 13.5. The van der Waals surface area contributed by atoms with Gasteiger partial charge in [-0.05, 0) is 49.7 Å². The molecule has 226 valence electrons. The van der Waals surface area contributed by atoms with Crippen LogP contribution >= 0.6 is 23.2 Å². The number of nitrogens with one attached hydrogen (secondary N) is 1. The molecule has 3 rings (SSSR count). The van der Waals surface area contributed by atoms with Crippen LogP contribution in [0.3, 0.4) is 0 Å². The van der Waals surface area contributed by atoms with Crippen LogP contribution in [0.25, 0.3) is 0 Å². The van der Waals surface area contributed by atoms with E-state index >= 15 is 0 Å². The van der Waals surface area contributed by atoms with Crippen molar-refractivity contribution >= 4 is 62.7 Å². The monoisotopic (exact) mass is 638 g/mol. The lowest BCUT2D eigenvalue weighted by Crippen LogP contribution is -2.35. The normalized spacial score (nSPS) is 11.9. The highest BCUT2D eigenvalue weighted by molar-refractivity contribution is 7.92. The average molecular weight is 640 g/mol. The molecule has 0 radical (unpaired) electrons. The van der Waals surface area contributed by atoms with Gasteiger partial charge in [-0.2, -0.15) is 4.98 Å². The number of halogens is 2. The van der Waals surface area contributed by atoms with Crippen molar-refractivity contribution in [3.63, 3.8) is 0 Å². The van der Waals surface area contributed by atoms with Gasteiger partial charge in [0.25, 0.3) is 10.0 Å². The van der Waals surface area contributed by atoms with E-state index in [4.69, 9.17) is 27.9 Å². The Morgan fingerprint density at radius 1 is 1.02 bits per heavy atom. The molecule has 1 aromatic heterocycles. The number of carboxylic acids is 1. The van der Waals surface area contributed by atoms with Crippen LogP contribution < -0.4 is 19.3 Å². The number of sulfonamides is 1. The number of ether oxygens (including phenoxy) is 1. The van der Waals surface area contributed by atoms with Crippen molar-refractivity contribution < 1.29 is 27.9 Å². The summed E-state index contributed by atoms with van der Waals surface area (Å²) in [5, 5.41) is 13.2. The predicted molar refractivity (Wildman–Crippen MR) is 163 cm³/mol. The van der Waals surface area contributed by atoms with Crippen molar-refractivity contribution in [1.29, 1.82) is 0 Å². The van der Waals surface area contributed by atoms with Crippen LogP contribution in [0.5, 0.6) is 5.75 Å². The third-order valence-corrected chi connectivity index (χ3v) is 8.74. The van der Waals surface area contributed by atoms with Crippen LogP contribution in [0.4, 0.5) is 22.2 Å². The quantitative estimate of drug-likeness (QED) is 0.288. The molecular weight excluding hydrogens is 607 g/mol. The Labute approximate surface area is 254 Å². The number of anilines is 3. The van der Waals surface area contributed by atoms with E-state index < -0.39 is 28.1 Å². The largest absolute Gasteiger partial charge is 0.480 e. The maximum Gasteiger partial charge on any atom is 0.414 e. The summed E-state index contributed by atoms with van der Waals surface area (Å²) in [4.78, 5) is 36.0. The van der Waals surface area contributed by atoms with Gasteiger partial charge in [0, 0.05) is 40.7 Å². The summed E-state index contributed by atoms with van der Waals surface area (Å²) >= 11 is 12.0. The standard InChI is InChI=1S/C27H32Cl2N6O6S/c1-6-35(7-2)26-30-16-23(34(5)42(39,40)19-12-13-20(28)21(29)15-19)24(32-26)31-22(25(36)37)14-17-8-10-18(11-9-17)41-27(38)33(3)4/h8-13,15-16,22H,6-7,14H2,1-5H3,(H,36,37)(H,30,31,32). The Kier molecular flexibility index (Phi) is 10.8. The minimum Gasteiger partial charge on any atom is -0.480 e. The van der Waals surface area contributed by atoms with Gasteiger partial charge in [0.1, 0.15) is 17.5 Å². The number of nitrogens with zero attached hydrogens (tertiary/aromatic N) is 5. The fourth-order valence-electron chi connectivity index (χ4n) is 3.77. The van der Waals surface area contributed by atoms with Crippen LogP contribution in [0.1, 0.15) is 19.4 Å². The van der Waals surface area contributed by atoms with Crippen LogP contribution in [0.15, 0.2) is 53.6 Å². The Hall–Kier alpha value is -3.81. The molecule has 1 unspecified atom stereocenters. The first-order valence-electron chi connectivity index (χ1n) is 12.8. The third-order valence-electron chi connectivity index (χ3n) is 6.23. The number of benzene rings is 2. The van der Waals surface area contributed by atoms with Gasteiger partial charge in [0.15, 0.2) is 5.82 Å². The number of carbonyl (C=O) groups excluding carboxylic acids is 1. The molecule has 2 N–H and O–H groups in total. The van der Waals surface area contributed by atoms with Crippen LogP contribution in [-0.4, -0.2) is 80.7 Å². The van der Waals surface area contributed by atoms with E-state index in [0.717, 1.165) is 4.31 Å². The van der Waals surface area contributed by atoms with Crippen LogP contribution in [-0.2, 0) is 21.2 Å². The minimum absolute atomic E-state index is 0.00182. The number of rotatable bonds is 12. The lowest BCUT2D eigenvalue weighted by molar-refractivity contribution is -0.137. The molecule has 0 saturated carbocycles. The summed E-state index contributed by atoms with van der Waals surface area (Å²) in [5.74, 6) is -0.597. The summed E-state index contributed by atoms with van der Waals surface area (Å²) in [7, 11) is 0.250. The van der Waals surface area contributed by atoms with E-state index in [1.807, 2.05) is 18.7 Å². The van der Waals surface area contributed by atoms with Crippen molar-refractivity contribution in [3.05, 3.63) is 64.3 Å². The number of carbonyl (C=O) groups is 2. The number of carboxylic acid groups (broad SMARTS) is 1. The van der Waals surface area contributed by atoms with Crippen molar-refractivity contribution in [1.82, 2.24) is 14.9 Å². The Morgan fingerprint density at radius 3 is 2.21 bits per heavy atom. The number of hydrogen-bond acceptors (Lipinski definition) is 9. The molecule has 0 aliphatic rings. The van der Waals surface area contributed by atoms with E-state index in [2.05, 4.69) is 15.3 Å². The van der Waals surface area contributed by atoms with Crippen molar-refractivity contribution in [3.8, 4) is 5.75 Å². The van der Waals surface area contributed by atoms with E-state index in [1.165, 1.54) is 36.3 Å². The molecule has 0 spiro atoms. The first-order valence-corrected chi connectivity index (χ1v) is 15.0. The molecule has 1 heterocycles. The zero-order chi connectivity index (χ0) is 31.2. The maximum absolute atomic E-state index is 13.5. The lowest BCUT2D eigenvalue weighted by atomic mass is 10.1. The number of aliphatic carboxylic acids is 1. The molecule has 0 aliphatic carbocycles. The van der Waals surface area contributed by atoms with Gasteiger partial charge in [-0.15, -0.1) is 0 Å². The highest BCUT2D eigenvalue weighted by Crippen LogP contribution is 2.32. The Balaban J connectivity index is 1.98. The van der Waals surface area contributed by atoms with Gasteiger partial charge in [0.05, 0.1) is 21.1 Å². The highest BCUT2D eigenvalue weighted by Gasteiger charge is 2.28. The summed E-state index contributed by atoms with van der Waals surface area (Å²) in [6, 6.07) is 9.10. The van der Waals surface area contributed by atoms with Gasteiger partial charge >= 0.3 is 12.1 Å². The van der Waals surface area contributed by atoms with Crippen molar-refractivity contribution in [2.45, 2.75) is 31.2 Å². The molecular formula is C27H32Cl2N6O6S. The van der Waals surface area contributed by atoms with Gasteiger partial charge in [-0.25, -0.2) is 23.0 Å². The fraction of sp³-hybridized carbons (Fsp3) is 0.333. The van der Waals surface area contributed by atoms with Gasteiger partial charge < -0.3 is 25.0 Å². The molecule has 0 fully saturated rings. The smallest absolute Gasteiger partial charge is 0.414 e. The van der Waals surface area contributed by atoms with Gasteiger partial charge in [-0.1, -0.05) is 35.3 Å². The number of hydrogen-bond donors (Lipinski definition) is 2. The molecule has 12 nitrogen and oxygen atoms in total. The second-order valence-electron chi connectivity index (χ2n) is 9.27. The molecule has 1 atom stereocenters. The van der Waals surface area contributed by atoms with Crippen molar-refractivity contribution in [2.24, 2.45) is 0 Å². The predicted octanol–water partition coefficient (Wildman–Crippen LogP) is 4.62. The fourth-order valence-corrected chi connectivity index (χ4v) is 5.35. The van der Waals surface area contributed by atoms with Crippen molar-refractivity contribution in [2.75, 3.05) is 48.8 Å². The second-order valence-corrected chi connectivity index (χ2v) is 12.1. The molecule has 1 amide bonds. The first kappa shape index (κ1) is 32.7. The topological polar surface area (TPSA) is 145 Å². The number of amides is 1. The summed E-state index contributed by atoms with van der Waals surface area (Å²) in [6.45, 7) is 4.96. The van der Waals surface area contributed by atoms with Gasteiger partial charge in [0.2, 0.25) is 5.95 Å². The first-order chi connectivity index (χ1) is 19.8. The summed E-state index contributed by atoms with van der Waals surface area (Å²) in [5.41, 5.74) is 0.644. The average Bonchev–Trinajstić information content (AvgIpc) is 2.95. The Bertz CT molecular complexity index is 1530. The summed E-state index contributed by atoms with van der Waals surface area (Å²) < 4.78 is 33.2. The number of aromatic nitrogens is 2. The highest BCUT2D eigenvalue weighted by atomic mass is 35.5. The van der Waals surface area contributed by atoms with E-state index in [1.54, 1.807) is 38.4 Å². The zero-order valence-electron chi connectivity index (χ0n) is 23.7. The van der Waals surface area contributed by atoms with E-state index in [9.17, 15) is 23.1 Å². The van der Waals surface area contributed by atoms with Crippen LogP contribution in [0, 0.1) is 0 Å². The lowest BCUT2D eigenvalue weighted by Gasteiger charge is -2.26. The zero-order valence-corrected chi connectivity index (χ0v) is 26.0. The minimum atomic E-state index is -4.17. The molecule has 42 heavy (non-hydrogen) atoms.